The molecule has 5 rings (SSSR count). The van der Waals surface area contributed by atoms with Gasteiger partial charge in [0, 0.05) is 52.1 Å². The SMILES string of the molecule is CO[C@@H]1CCN(c2ccc(C(=O)NCc3ccc4c(c3)CCN(C3CCC3)CC4)cn2)C1. The third-order valence-electron chi connectivity index (χ3n) is 7.46. The smallest absolute Gasteiger partial charge is 0.253 e. The highest BCUT2D eigenvalue weighted by molar-refractivity contribution is 5.94. The number of fused-ring (bicyclic) bond motifs is 1. The zero-order chi connectivity index (χ0) is 21.9. The molecule has 0 bridgehead atoms. The van der Waals surface area contributed by atoms with E-state index in [9.17, 15) is 4.79 Å². The molecule has 1 saturated carbocycles. The third kappa shape index (κ3) is 4.66. The monoisotopic (exact) mass is 434 g/mol. The number of carbonyl (C=O) groups excluding carboxylic acids is 1. The highest BCUT2D eigenvalue weighted by atomic mass is 16.5. The quantitative estimate of drug-likeness (QED) is 0.757. The lowest BCUT2D eigenvalue weighted by atomic mass is 9.91. The highest BCUT2D eigenvalue weighted by Crippen LogP contribution is 2.27. The molecule has 3 aliphatic rings. The van der Waals surface area contributed by atoms with Gasteiger partial charge in [-0.05, 0) is 60.9 Å². The molecule has 3 heterocycles. The van der Waals surface area contributed by atoms with Crippen LogP contribution in [0.15, 0.2) is 36.5 Å². The predicted molar refractivity (Wildman–Crippen MR) is 126 cm³/mol. The summed E-state index contributed by atoms with van der Waals surface area (Å²) in [4.78, 5) is 22.1. The van der Waals surface area contributed by atoms with Crippen LogP contribution < -0.4 is 10.2 Å². The Balaban J connectivity index is 1.16. The lowest BCUT2D eigenvalue weighted by Crippen LogP contribution is -2.41. The number of rotatable bonds is 6. The second-order valence-electron chi connectivity index (χ2n) is 9.40. The van der Waals surface area contributed by atoms with Crippen molar-refractivity contribution in [1.82, 2.24) is 15.2 Å². The molecule has 0 radical (unpaired) electrons. The number of amides is 1. The molecule has 6 heteroatoms. The molecule has 2 fully saturated rings. The van der Waals surface area contributed by atoms with Crippen molar-refractivity contribution in [1.29, 1.82) is 0 Å². The van der Waals surface area contributed by atoms with E-state index < -0.39 is 0 Å². The van der Waals surface area contributed by atoms with Gasteiger partial charge in [-0.3, -0.25) is 9.69 Å². The summed E-state index contributed by atoms with van der Waals surface area (Å²) in [5, 5.41) is 3.07. The molecule has 1 saturated heterocycles. The molecule has 0 spiro atoms. The fraction of sp³-hybridized carbons (Fsp3) is 0.538. The van der Waals surface area contributed by atoms with Crippen molar-refractivity contribution in [3.05, 3.63) is 58.8 Å². The first kappa shape index (κ1) is 21.4. The van der Waals surface area contributed by atoms with Gasteiger partial charge in [-0.2, -0.15) is 0 Å². The zero-order valence-corrected chi connectivity index (χ0v) is 19.1. The van der Waals surface area contributed by atoms with Gasteiger partial charge in [0.2, 0.25) is 0 Å². The van der Waals surface area contributed by atoms with Gasteiger partial charge in [-0.1, -0.05) is 24.6 Å². The molecular formula is C26H34N4O2. The lowest BCUT2D eigenvalue weighted by Gasteiger charge is -2.36. The van der Waals surface area contributed by atoms with Crippen molar-refractivity contribution >= 4 is 11.7 Å². The first-order chi connectivity index (χ1) is 15.7. The second-order valence-corrected chi connectivity index (χ2v) is 9.40. The summed E-state index contributed by atoms with van der Waals surface area (Å²) >= 11 is 0. The fourth-order valence-corrected chi connectivity index (χ4v) is 5.14. The van der Waals surface area contributed by atoms with E-state index in [0.717, 1.165) is 50.8 Å². The Hall–Kier alpha value is -2.44. The number of nitrogens with zero attached hydrogens (tertiary/aromatic N) is 3. The van der Waals surface area contributed by atoms with Crippen molar-refractivity contribution in [2.45, 2.75) is 57.2 Å². The molecular weight excluding hydrogens is 400 g/mol. The van der Waals surface area contributed by atoms with Gasteiger partial charge in [0.05, 0.1) is 11.7 Å². The van der Waals surface area contributed by atoms with Gasteiger partial charge >= 0.3 is 0 Å². The predicted octanol–water partition coefficient (Wildman–Crippen LogP) is 3.19. The van der Waals surface area contributed by atoms with E-state index in [-0.39, 0.29) is 12.0 Å². The van der Waals surface area contributed by atoms with Gasteiger partial charge in [0.1, 0.15) is 5.82 Å². The fourth-order valence-electron chi connectivity index (χ4n) is 5.14. The topological polar surface area (TPSA) is 57.7 Å². The molecule has 2 aromatic rings. The van der Waals surface area contributed by atoms with Crippen LogP contribution in [0, 0.1) is 0 Å². The zero-order valence-electron chi connectivity index (χ0n) is 19.1. The summed E-state index contributed by atoms with van der Waals surface area (Å²) in [5.41, 5.74) is 4.69. The molecule has 32 heavy (non-hydrogen) atoms. The van der Waals surface area contributed by atoms with Crippen molar-refractivity contribution < 1.29 is 9.53 Å². The number of benzene rings is 1. The molecule has 170 valence electrons. The van der Waals surface area contributed by atoms with E-state index in [0.29, 0.717) is 12.1 Å². The van der Waals surface area contributed by atoms with Crippen molar-refractivity contribution in [2.75, 3.05) is 38.2 Å². The second kappa shape index (κ2) is 9.59. The molecule has 1 aromatic carbocycles. The number of nitrogens with one attached hydrogen (secondary N) is 1. The molecule has 1 aliphatic carbocycles. The average Bonchev–Trinajstić information content (AvgIpc) is 3.19. The Kier molecular flexibility index (Phi) is 6.42. The maximum atomic E-state index is 12.7. The summed E-state index contributed by atoms with van der Waals surface area (Å²) in [6.45, 7) is 4.68. The number of anilines is 1. The van der Waals surface area contributed by atoms with Crippen LogP contribution in [-0.4, -0.2) is 61.2 Å². The average molecular weight is 435 g/mol. The molecule has 1 atom stereocenters. The minimum Gasteiger partial charge on any atom is -0.380 e. The number of methoxy groups -OCH3 is 1. The summed E-state index contributed by atoms with van der Waals surface area (Å²) < 4.78 is 5.43. The van der Waals surface area contributed by atoms with Crippen LogP contribution in [0.25, 0.3) is 0 Å². The molecule has 2 aliphatic heterocycles. The van der Waals surface area contributed by atoms with Crippen LogP contribution in [0.2, 0.25) is 0 Å². The normalized spacial score (nSPS) is 21.7. The maximum Gasteiger partial charge on any atom is 0.253 e. The van der Waals surface area contributed by atoms with Crippen LogP contribution in [0.5, 0.6) is 0 Å². The van der Waals surface area contributed by atoms with Crippen LogP contribution >= 0.6 is 0 Å². The van der Waals surface area contributed by atoms with Gasteiger partial charge in [0.25, 0.3) is 5.91 Å². The van der Waals surface area contributed by atoms with E-state index in [4.69, 9.17) is 4.74 Å². The van der Waals surface area contributed by atoms with Crippen LogP contribution in [0.1, 0.15) is 52.7 Å². The van der Waals surface area contributed by atoms with Crippen molar-refractivity contribution in [3.63, 3.8) is 0 Å². The van der Waals surface area contributed by atoms with E-state index >= 15 is 0 Å². The minimum absolute atomic E-state index is 0.0775. The lowest BCUT2D eigenvalue weighted by molar-refractivity contribution is 0.0950. The highest BCUT2D eigenvalue weighted by Gasteiger charge is 2.26. The van der Waals surface area contributed by atoms with Crippen LogP contribution in [0.4, 0.5) is 5.82 Å². The number of pyridine rings is 1. The van der Waals surface area contributed by atoms with Gasteiger partial charge in [-0.25, -0.2) is 4.98 Å². The van der Waals surface area contributed by atoms with Crippen LogP contribution in [0.3, 0.4) is 0 Å². The van der Waals surface area contributed by atoms with Gasteiger partial charge < -0.3 is 15.0 Å². The van der Waals surface area contributed by atoms with E-state index in [1.807, 2.05) is 12.1 Å². The molecule has 1 N–H and O–H groups in total. The van der Waals surface area contributed by atoms with Crippen molar-refractivity contribution in [2.24, 2.45) is 0 Å². The van der Waals surface area contributed by atoms with E-state index in [1.165, 1.54) is 42.5 Å². The van der Waals surface area contributed by atoms with Gasteiger partial charge in [-0.15, -0.1) is 0 Å². The maximum absolute atomic E-state index is 12.7. The van der Waals surface area contributed by atoms with Crippen LogP contribution in [-0.2, 0) is 24.1 Å². The Labute approximate surface area is 191 Å². The molecule has 6 nitrogen and oxygen atoms in total. The summed E-state index contributed by atoms with van der Waals surface area (Å²) in [7, 11) is 1.75. The van der Waals surface area contributed by atoms with E-state index in [2.05, 4.69) is 38.3 Å². The Morgan fingerprint density at radius 3 is 2.62 bits per heavy atom. The molecule has 1 amide bonds. The number of hydrogen-bond acceptors (Lipinski definition) is 5. The Morgan fingerprint density at radius 2 is 1.94 bits per heavy atom. The standard InChI is InChI=1S/C26H34N4O2/c1-32-24-11-14-30(18-24)25-8-7-22(17-27-25)26(31)28-16-19-5-6-20-9-12-29(23-3-2-4-23)13-10-21(20)15-19/h5-8,15,17,23-24H,2-4,9-14,16,18H2,1H3,(H,28,31)/t24-/m1/s1. The van der Waals surface area contributed by atoms with E-state index in [1.54, 1.807) is 13.3 Å². The number of ether oxygens (including phenoxy) is 1. The molecule has 1 aromatic heterocycles. The van der Waals surface area contributed by atoms with Crippen molar-refractivity contribution in [3.8, 4) is 0 Å². The third-order valence-corrected chi connectivity index (χ3v) is 7.46. The first-order valence-corrected chi connectivity index (χ1v) is 12.1. The number of aromatic nitrogens is 1. The van der Waals surface area contributed by atoms with Gasteiger partial charge in [0.15, 0.2) is 0 Å². The molecule has 0 unspecified atom stereocenters. The largest absolute Gasteiger partial charge is 0.380 e. The number of carbonyl (C=O) groups is 1. The number of hydrogen-bond donors (Lipinski definition) is 1. The minimum atomic E-state index is -0.0775. The Bertz CT molecular complexity index is 941. The summed E-state index contributed by atoms with van der Waals surface area (Å²) in [6.07, 6.45) is 9.34. The first-order valence-electron chi connectivity index (χ1n) is 12.1. The Morgan fingerprint density at radius 1 is 1.09 bits per heavy atom. The summed E-state index contributed by atoms with van der Waals surface area (Å²) in [6, 6.07) is 11.3. The summed E-state index contributed by atoms with van der Waals surface area (Å²) in [5.74, 6) is 0.828.